The summed E-state index contributed by atoms with van der Waals surface area (Å²) in [4.78, 5) is 0. The van der Waals surface area contributed by atoms with Crippen LogP contribution in [0.2, 0.25) is 0 Å². The lowest BCUT2D eigenvalue weighted by Gasteiger charge is -2.58. The normalized spacial score (nSPS) is 45.0. The standard InChI is InChI=1S/C27H46/c1-19(2)9-8-10-20(3)23-14-15-24-22-13-12-21-11-6-7-17-26(21,4)25(22)16-18-27(23,24)5/h12,19-20,22-25H,6-11,13-18H2,1-5H3/t20-,22+,23-,24?,25?,26+,27-/m1/s1. The van der Waals surface area contributed by atoms with E-state index in [2.05, 4.69) is 40.7 Å². The van der Waals surface area contributed by atoms with E-state index < -0.39 is 0 Å². The molecule has 0 radical (unpaired) electrons. The zero-order valence-corrected chi connectivity index (χ0v) is 19.0. The third-order valence-corrected chi connectivity index (χ3v) is 10.2. The highest BCUT2D eigenvalue weighted by Crippen LogP contribution is 2.67. The Balaban J connectivity index is 1.49. The van der Waals surface area contributed by atoms with Crippen LogP contribution in [0.15, 0.2) is 11.6 Å². The molecule has 4 rings (SSSR count). The van der Waals surface area contributed by atoms with Gasteiger partial charge < -0.3 is 0 Å². The highest BCUT2D eigenvalue weighted by atomic mass is 14.6. The molecular weight excluding hydrogens is 324 g/mol. The van der Waals surface area contributed by atoms with Crippen LogP contribution in [-0.2, 0) is 0 Å². The predicted octanol–water partition coefficient (Wildman–Crippen LogP) is 8.42. The molecule has 7 atom stereocenters. The summed E-state index contributed by atoms with van der Waals surface area (Å²) < 4.78 is 0. The molecule has 154 valence electrons. The van der Waals surface area contributed by atoms with E-state index in [1.165, 1.54) is 77.0 Å². The van der Waals surface area contributed by atoms with Crippen LogP contribution in [0, 0.1) is 46.3 Å². The SMILES string of the molecule is CC(C)CCC[C@@H](C)[C@H]1CCC2[C@@H]3CC=C4CCCC[C@]4(C)C3CC[C@@]21C. The Kier molecular flexibility index (Phi) is 5.59. The van der Waals surface area contributed by atoms with Crippen molar-refractivity contribution in [1.82, 2.24) is 0 Å². The van der Waals surface area contributed by atoms with E-state index in [4.69, 9.17) is 0 Å². The Morgan fingerprint density at radius 1 is 0.963 bits per heavy atom. The van der Waals surface area contributed by atoms with Crippen molar-refractivity contribution >= 4 is 0 Å². The summed E-state index contributed by atoms with van der Waals surface area (Å²) in [5.74, 6) is 5.84. The minimum Gasteiger partial charge on any atom is -0.0845 e. The van der Waals surface area contributed by atoms with E-state index in [1.807, 2.05) is 5.57 Å². The van der Waals surface area contributed by atoms with Gasteiger partial charge in [0.1, 0.15) is 0 Å². The largest absolute Gasteiger partial charge is 0.0845 e. The van der Waals surface area contributed by atoms with E-state index in [0.29, 0.717) is 10.8 Å². The second-order valence-electron chi connectivity index (χ2n) is 12.0. The van der Waals surface area contributed by atoms with Gasteiger partial charge in [-0.3, -0.25) is 0 Å². The molecule has 3 saturated carbocycles. The molecule has 0 aromatic rings. The lowest BCUT2D eigenvalue weighted by Crippen LogP contribution is -2.50. The van der Waals surface area contributed by atoms with Crippen LogP contribution in [0.25, 0.3) is 0 Å². The van der Waals surface area contributed by atoms with Crippen molar-refractivity contribution in [3.63, 3.8) is 0 Å². The molecule has 0 aliphatic heterocycles. The fourth-order valence-corrected chi connectivity index (χ4v) is 8.72. The van der Waals surface area contributed by atoms with Crippen LogP contribution in [0.4, 0.5) is 0 Å². The fourth-order valence-electron chi connectivity index (χ4n) is 8.72. The molecule has 0 heterocycles. The first kappa shape index (κ1) is 20.0. The predicted molar refractivity (Wildman–Crippen MR) is 118 cm³/mol. The van der Waals surface area contributed by atoms with Crippen LogP contribution < -0.4 is 0 Å². The molecule has 3 fully saturated rings. The number of rotatable bonds is 5. The van der Waals surface area contributed by atoms with Gasteiger partial charge >= 0.3 is 0 Å². The molecule has 0 aromatic carbocycles. The topological polar surface area (TPSA) is 0 Å². The van der Waals surface area contributed by atoms with Crippen LogP contribution >= 0.6 is 0 Å². The van der Waals surface area contributed by atoms with Gasteiger partial charge in [0.2, 0.25) is 0 Å². The molecule has 0 amide bonds. The van der Waals surface area contributed by atoms with Crippen molar-refractivity contribution in [2.75, 3.05) is 0 Å². The van der Waals surface area contributed by atoms with E-state index in [1.54, 1.807) is 0 Å². The molecule has 0 nitrogen and oxygen atoms in total. The van der Waals surface area contributed by atoms with Gasteiger partial charge in [-0.25, -0.2) is 0 Å². The summed E-state index contributed by atoms with van der Waals surface area (Å²) in [6.45, 7) is 12.8. The minimum atomic E-state index is 0.573. The summed E-state index contributed by atoms with van der Waals surface area (Å²) in [7, 11) is 0. The average molecular weight is 371 g/mol. The monoisotopic (exact) mass is 370 g/mol. The van der Waals surface area contributed by atoms with Crippen LogP contribution in [-0.4, -0.2) is 0 Å². The molecule has 0 bridgehead atoms. The van der Waals surface area contributed by atoms with Gasteiger partial charge in [0, 0.05) is 0 Å². The minimum absolute atomic E-state index is 0.573. The van der Waals surface area contributed by atoms with E-state index in [0.717, 1.165) is 35.5 Å². The smallest absolute Gasteiger partial charge is 0.00853 e. The molecule has 0 N–H and O–H groups in total. The molecule has 0 heteroatoms. The lowest BCUT2D eigenvalue weighted by atomic mass is 9.47. The van der Waals surface area contributed by atoms with Crippen molar-refractivity contribution in [3.8, 4) is 0 Å². The van der Waals surface area contributed by atoms with Crippen LogP contribution in [0.5, 0.6) is 0 Å². The third kappa shape index (κ3) is 3.36. The Labute approximate surface area is 170 Å². The maximum Gasteiger partial charge on any atom is -0.00853 e. The first-order valence-electron chi connectivity index (χ1n) is 12.6. The van der Waals surface area contributed by atoms with Gasteiger partial charge in [0.25, 0.3) is 0 Å². The second-order valence-corrected chi connectivity index (χ2v) is 12.0. The van der Waals surface area contributed by atoms with E-state index >= 15 is 0 Å². The number of fused-ring (bicyclic) bond motifs is 5. The van der Waals surface area contributed by atoms with E-state index in [-0.39, 0.29) is 0 Å². The quantitative estimate of drug-likeness (QED) is 0.426. The van der Waals surface area contributed by atoms with Gasteiger partial charge in [0.05, 0.1) is 0 Å². The Bertz CT molecular complexity index is 556. The van der Waals surface area contributed by atoms with Crippen molar-refractivity contribution in [3.05, 3.63) is 11.6 Å². The van der Waals surface area contributed by atoms with Crippen molar-refractivity contribution in [2.45, 2.75) is 112 Å². The maximum absolute atomic E-state index is 2.74. The molecule has 0 spiro atoms. The molecule has 4 aliphatic carbocycles. The molecule has 4 aliphatic rings. The Morgan fingerprint density at radius 2 is 1.78 bits per heavy atom. The molecule has 2 unspecified atom stereocenters. The highest BCUT2D eigenvalue weighted by molar-refractivity contribution is 5.24. The zero-order valence-electron chi connectivity index (χ0n) is 19.0. The number of hydrogen-bond acceptors (Lipinski definition) is 0. The van der Waals surface area contributed by atoms with E-state index in [9.17, 15) is 0 Å². The van der Waals surface area contributed by atoms with Crippen molar-refractivity contribution < 1.29 is 0 Å². The lowest BCUT2D eigenvalue weighted by molar-refractivity contribution is -0.0500. The summed E-state index contributed by atoms with van der Waals surface area (Å²) in [6.07, 6.45) is 20.5. The highest BCUT2D eigenvalue weighted by Gasteiger charge is 2.58. The van der Waals surface area contributed by atoms with Gasteiger partial charge in [-0.2, -0.15) is 0 Å². The summed E-state index contributed by atoms with van der Waals surface area (Å²) in [6, 6.07) is 0. The van der Waals surface area contributed by atoms with Crippen molar-refractivity contribution in [2.24, 2.45) is 46.3 Å². The maximum atomic E-state index is 2.74. The van der Waals surface area contributed by atoms with Crippen LogP contribution in [0.3, 0.4) is 0 Å². The molecule has 27 heavy (non-hydrogen) atoms. The summed E-state index contributed by atoms with van der Waals surface area (Å²) in [5.41, 5.74) is 3.09. The number of allylic oxidation sites excluding steroid dienone is 2. The van der Waals surface area contributed by atoms with Crippen molar-refractivity contribution in [1.29, 1.82) is 0 Å². The second kappa shape index (κ2) is 7.53. The summed E-state index contributed by atoms with van der Waals surface area (Å²) >= 11 is 0. The average Bonchev–Trinajstić information content (AvgIpc) is 2.98. The summed E-state index contributed by atoms with van der Waals surface area (Å²) in [5, 5.41) is 0. The zero-order chi connectivity index (χ0) is 19.2. The van der Waals surface area contributed by atoms with Gasteiger partial charge in [-0.1, -0.05) is 72.0 Å². The fraction of sp³-hybridized carbons (Fsp3) is 0.926. The number of hydrogen-bond donors (Lipinski definition) is 0. The molecular formula is C27H46. The Hall–Kier alpha value is -0.260. The first-order valence-corrected chi connectivity index (χ1v) is 12.6. The molecule has 0 saturated heterocycles. The Morgan fingerprint density at radius 3 is 2.56 bits per heavy atom. The van der Waals surface area contributed by atoms with Gasteiger partial charge in [-0.15, -0.1) is 0 Å². The molecule has 0 aromatic heterocycles. The van der Waals surface area contributed by atoms with Gasteiger partial charge in [0.15, 0.2) is 0 Å². The van der Waals surface area contributed by atoms with Crippen LogP contribution in [0.1, 0.15) is 112 Å². The first-order chi connectivity index (χ1) is 12.9. The third-order valence-electron chi connectivity index (χ3n) is 10.2. The van der Waals surface area contributed by atoms with Gasteiger partial charge in [-0.05, 0) is 97.7 Å².